The van der Waals surface area contributed by atoms with Crippen molar-refractivity contribution in [3.8, 4) is 17.9 Å². The maximum absolute atomic E-state index is 12.3. The molecule has 8 heteroatoms. The van der Waals surface area contributed by atoms with Gasteiger partial charge in [-0.1, -0.05) is 6.07 Å². The number of hydrogen-bond acceptors (Lipinski definition) is 6. The Balaban J connectivity index is 2.18. The molecule has 2 aromatic carbocycles. The van der Waals surface area contributed by atoms with Crippen LogP contribution in [0.4, 0.5) is 11.4 Å². The highest BCUT2D eigenvalue weighted by Gasteiger charge is 2.12. The molecule has 0 atom stereocenters. The molecule has 0 bridgehead atoms. The molecule has 0 saturated heterocycles. The third kappa shape index (κ3) is 4.37. The van der Waals surface area contributed by atoms with Crippen molar-refractivity contribution in [1.82, 2.24) is 0 Å². The number of hydrogen-bond donors (Lipinski definition) is 4. The summed E-state index contributed by atoms with van der Waals surface area (Å²) < 4.78 is 0. The number of aromatic hydroxyl groups is 1. The summed E-state index contributed by atoms with van der Waals surface area (Å²) in [6.07, 6.45) is 1.22. The van der Waals surface area contributed by atoms with Crippen LogP contribution in [0.25, 0.3) is 0 Å². The van der Waals surface area contributed by atoms with Crippen LogP contribution in [0, 0.1) is 22.7 Å². The van der Waals surface area contributed by atoms with Gasteiger partial charge in [-0.05, 0) is 36.4 Å². The van der Waals surface area contributed by atoms with Crippen molar-refractivity contribution in [1.29, 1.82) is 10.5 Å². The minimum Gasteiger partial charge on any atom is -0.507 e. The fraction of sp³-hybridized carbons (Fsp3) is 0. The molecule has 0 aliphatic rings. The second kappa shape index (κ2) is 7.99. The van der Waals surface area contributed by atoms with E-state index < -0.39 is 17.6 Å². The zero-order chi connectivity index (χ0) is 19.1. The molecule has 0 radical (unpaired) electrons. The van der Waals surface area contributed by atoms with Crippen molar-refractivity contribution in [3.63, 3.8) is 0 Å². The van der Waals surface area contributed by atoms with Crippen LogP contribution in [0.3, 0.4) is 0 Å². The molecule has 0 spiro atoms. The van der Waals surface area contributed by atoms with E-state index >= 15 is 0 Å². The normalized spacial score (nSPS) is 9.31. The topological polar surface area (TPSA) is 146 Å². The first-order valence-corrected chi connectivity index (χ1v) is 7.19. The van der Waals surface area contributed by atoms with Crippen LogP contribution in [0.1, 0.15) is 20.7 Å². The van der Waals surface area contributed by atoms with Gasteiger partial charge in [0.2, 0.25) is 0 Å². The number of carboxylic acids is 1. The number of allylic oxidation sites excluding steroid dienone is 1. The minimum absolute atomic E-state index is 0.120. The second-order valence-electron chi connectivity index (χ2n) is 5.00. The number of amides is 1. The lowest BCUT2D eigenvalue weighted by molar-refractivity contribution is 0.0693. The number of aromatic carboxylic acids is 1. The van der Waals surface area contributed by atoms with Gasteiger partial charge in [0.05, 0.1) is 0 Å². The fourth-order valence-electron chi connectivity index (χ4n) is 1.98. The lowest BCUT2D eigenvalue weighted by Gasteiger charge is -2.08. The van der Waals surface area contributed by atoms with Crippen LogP contribution < -0.4 is 10.6 Å². The van der Waals surface area contributed by atoms with Gasteiger partial charge in [0, 0.05) is 23.1 Å². The molecule has 0 aromatic heterocycles. The number of nitrogens with zero attached hydrogens (tertiary/aromatic N) is 2. The Labute approximate surface area is 148 Å². The molecular formula is C18H12N4O4. The quantitative estimate of drug-likeness (QED) is 0.480. The van der Waals surface area contributed by atoms with Gasteiger partial charge in [0.1, 0.15) is 29.0 Å². The van der Waals surface area contributed by atoms with Gasteiger partial charge in [-0.2, -0.15) is 10.5 Å². The molecule has 2 rings (SSSR count). The molecule has 0 fully saturated rings. The van der Waals surface area contributed by atoms with Crippen LogP contribution in [0.2, 0.25) is 0 Å². The number of benzene rings is 2. The van der Waals surface area contributed by atoms with E-state index in [4.69, 9.17) is 15.6 Å². The maximum Gasteiger partial charge on any atom is 0.339 e. The first kappa shape index (κ1) is 18.0. The highest BCUT2D eigenvalue weighted by Crippen LogP contribution is 2.22. The smallest absolute Gasteiger partial charge is 0.339 e. The molecule has 0 saturated carbocycles. The standard InChI is InChI=1S/C18H12N4O4/c19-8-11(9-20)10-21-13-3-1-2-12(6-13)17(24)22-14-4-5-16(23)15(7-14)18(25)26/h1-7,10,21,23H,(H,22,24)(H,25,26). The summed E-state index contributed by atoms with van der Waals surface area (Å²) in [6.45, 7) is 0. The van der Waals surface area contributed by atoms with Crippen LogP contribution in [0.15, 0.2) is 54.2 Å². The van der Waals surface area contributed by atoms with Crippen molar-refractivity contribution in [2.24, 2.45) is 0 Å². The van der Waals surface area contributed by atoms with E-state index in [1.807, 2.05) is 0 Å². The molecule has 0 heterocycles. The van der Waals surface area contributed by atoms with Crippen molar-refractivity contribution < 1.29 is 19.8 Å². The first-order chi connectivity index (χ1) is 12.4. The van der Waals surface area contributed by atoms with Crippen molar-refractivity contribution in [2.75, 3.05) is 10.6 Å². The summed E-state index contributed by atoms with van der Waals surface area (Å²) in [5.41, 5.74) is 0.509. The number of nitriles is 2. The molecule has 0 aliphatic heterocycles. The Hall–Kier alpha value is -4.30. The van der Waals surface area contributed by atoms with E-state index in [-0.39, 0.29) is 22.4 Å². The van der Waals surface area contributed by atoms with E-state index in [1.54, 1.807) is 24.3 Å². The minimum atomic E-state index is -1.32. The van der Waals surface area contributed by atoms with Crippen molar-refractivity contribution >= 4 is 23.3 Å². The molecule has 2 aromatic rings. The fourth-order valence-corrected chi connectivity index (χ4v) is 1.98. The molecule has 128 valence electrons. The van der Waals surface area contributed by atoms with Gasteiger partial charge in [-0.3, -0.25) is 4.79 Å². The van der Waals surface area contributed by atoms with Gasteiger partial charge in [0.15, 0.2) is 0 Å². The van der Waals surface area contributed by atoms with Gasteiger partial charge in [-0.15, -0.1) is 0 Å². The molecular weight excluding hydrogens is 336 g/mol. The van der Waals surface area contributed by atoms with Gasteiger partial charge in [-0.25, -0.2) is 4.79 Å². The molecule has 4 N–H and O–H groups in total. The molecule has 1 amide bonds. The van der Waals surface area contributed by atoms with Crippen LogP contribution in [0.5, 0.6) is 5.75 Å². The maximum atomic E-state index is 12.3. The average Bonchev–Trinajstić information content (AvgIpc) is 2.64. The summed E-state index contributed by atoms with van der Waals surface area (Å²) in [5, 5.41) is 41.1. The van der Waals surface area contributed by atoms with Crippen molar-refractivity contribution in [3.05, 3.63) is 65.4 Å². The predicted octanol–water partition coefficient (Wildman–Crippen LogP) is 2.69. The largest absolute Gasteiger partial charge is 0.507 e. The molecule has 0 unspecified atom stereocenters. The van der Waals surface area contributed by atoms with Crippen molar-refractivity contribution in [2.45, 2.75) is 0 Å². The van der Waals surface area contributed by atoms with Gasteiger partial charge >= 0.3 is 5.97 Å². The summed E-state index contributed by atoms with van der Waals surface area (Å²) in [6, 6.07) is 13.4. The Bertz CT molecular complexity index is 967. The highest BCUT2D eigenvalue weighted by atomic mass is 16.4. The van der Waals surface area contributed by atoms with E-state index in [0.29, 0.717) is 5.69 Å². The van der Waals surface area contributed by atoms with Gasteiger partial charge in [0.25, 0.3) is 5.91 Å². The SMILES string of the molecule is N#CC(C#N)=CNc1cccc(C(=O)Nc2ccc(O)c(C(=O)O)c2)c1. The summed E-state index contributed by atoms with van der Waals surface area (Å²) in [4.78, 5) is 23.3. The summed E-state index contributed by atoms with van der Waals surface area (Å²) in [5.74, 6) is -2.22. The van der Waals surface area contributed by atoms with E-state index in [1.165, 1.54) is 30.5 Å². The third-order valence-corrected chi connectivity index (χ3v) is 3.23. The average molecular weight is 348 g/mol. The summed E-state index contributed by atoms with van der Waals surface area (Å²) in [7, 11) is 0. The Morgan fingerprint density at radius 2 is 1.77 bits per heavy atom. The number of carbonyl (C=O) groups excluding carboxylic acids is 1. The zero-order valence-corrected chi connectivity index (χ0v) is 13.2. The lowest BCUT2D eigenvalue weighted by Crippen LogP contribution is -2.12. The molecule has 8 nitrogen and oxygen atoms in total. The van der Waals surface area contributed by atoms with Crippen LogP contribution >= 0.6 is 0 Å². The Morgan fingerprint density at radius 1 is 1.04 bits per heavy atom. The molecule has 26 heavy (non-hydrogen) atoms. The van der Waals surface area contributed by atoms with Gasteiger partial charge < -0.3 is 20.8 Å². The number of phenols is 1. The number of carboxylic acid groups (broad SMARTS) is 1. The van der Waals surface area contributed by atoms with Crippen LogP contribution in [-0.4, -0.2) is 22.1 Å². The molecule has 0 aliphatic carbocycles. The van der Waals surface area contributed by atoms with E-state index in [2.05, 4.69) is 10.6 Å². The third-order valence-electron chi connectivity index (χ3n) is 3.23. The summed E-state index contributed by atoms with van der Waals surface area (Å²) >= 11 is 0. The monoisotopic (exact) mass is 348 g/mol. The Morgan fingerprint density at radius 3 is 2.42 bits per heavy atom. The lowest BCUT2D eigenvalue weighted by atomic mass is 10.1. The number of anilines is 2. The highest BCUT2D eigenvalue weighted by molar-refractivity contribution is 6.05. The number of rotatable bonds is 5. The number of carbonyl (C=O) groups is 2. The number of nitrogens with one attached hydrogen (secondary N) is 2. The second-order valence-corrected chi connectivity index (χ2v) is 5.00. The predicted molar refractivity (Wildman–Crippen MR) is 92.4 cm³/mol. The van der Waals surface area contributed by atoms with E-state index in [9.17, 15) is 14.7 Å². The zero-order valence-electron chi connectivity index (χ0n) is 13.2. The van der Waals surface area contributed by atoms with Crippen LogP contribution in [-0.2, 0) is 0 Å². The first-order valence-electron chi connectivity index (χ1n) is 7.19. The van der Waals surface area contributed by atoms with E-state index in [0.717, 1.165) is 6.07 Å². The Kier molecular flexibility index (Phi) is 5.55.